The molecule has 1 aromatic heterocycles. The Morgan fingerprint density at radius 2 is 2.24 bits per heavy atom. The van der Waals surface area contributed by atoms with Gasteiger partial charge in [0.2, 0.25) is 5.91 Å². The van der Waals surface area contributed by atoms with E-state index in [9.17, 15) is 4.79 Å². The third kappa shape index (κ3) is 5.04. The highest BCUT2D eigenvalue weighted by atomic mass is 16.3. The lowest BCUT2D eigenvalue weighted by molar-refractivity contribution is -0.121. The summed E-state index contributed by atoms with van der Waals surface area (Å²) < 4.78 is 5.35. The van der Waals surface area contributed by atoms with Gasteiger partial charge in [-0.25, -0.2) is 0 Å². The molecule has 96 valence electrons. The molecule has 0 aliphatic heterocycles. The van der Waals surface area contributed by atoms with Gasteiger partial charge < -0.3 is 15.1 Å². The molecule has 0 radical (unpaired) electrons. The monoisotopic (exact) mass is 238 g/mol. The Morgan fingerprint density at radius 1 is 1.41 bits per heavy atom. The average molecular weight is 238 g/mol. The van der Waals surface area contributed by atoms with Crippen molar-refractivity contribution in [2.24, 2.45) is 0 Å². The summed E-state index contributed by atoms with van der Waals surface area (Å²) in [6, 6.07) is 4.04. The van der Waals surface area contributed by atoms with Crippen LogP contribution in [0.2, 0.25) is 0 Å². The van der Waals surface area contributed by atoms with Crippen molar-refractivity contribution < 1.29 is 9.21 Å². The number of hydrogen-bond donors (Lipinski definition) is 2. The molecule has 0 saturated heterocycles. The summed E-state index contributed by atoms with van der Waals surface area (Å²) in [5.74, 6) is 1.04. The first-order valence-corrected chi connectivity index (χ1v) is 6.31. The Kier molecular flexibility index (Phi) is 6.40. The molecular weight excluding hydrogens is 216 g/mol. The van der Waals surface area contributed by atoms with Crippen molar-refractivity contribution in [3.8, 4) is 0 Å². The second-order valence-electron chi connectivity index (χ2n) is 4.03. The molecule has 1 heterocycles. The average Bonchev–Trinajstić information content (AvgIpc) is 2.85. The van der Waals surface area contributed by atoms with Gasteiger partial charge in [0.15, 0.2) is 0 Å². The predicted octanol–water partition coefficient (Wildman–Crippen LogP) is 2.24. The van der Waals surface area contributed by atoms with Crippen molar-refractivity contribution >= 4 is 5.91 Å². The molecule has 0 fully saturated rings. The Labute approximate surface area is 103 Å². The van der Waals surface area contributed by atoms with Crippen molar-refractivity contribution in [1.29, 1.82) is 0 Å². The maximum absolute atomic E-state index is 11.4. The van der Waals surface area contributed by atoms with Crippen molar-refractivity contribution in [3.63, 3.8) is 0 Å². The van der Waals surface area contributed by atoms with Gasteiger partial charge in [0.05, 0.1) is 12.3 Å². The molecule has 1 aromatic rings. The molecule has 0 aromatic carbocycles. The Hall–Kier alpha value is -1.29. The number of hydrogen-bond acceptors (Lipinski definition) is 3. The number of carbonyl (C=O) groups is 1. The largest absolute Gasteiger partial charge is 0.468 e. The van der Waals surface area contributed by atoms with E-state index in [1.165, 1.54) is 0 Å². The highest BCUT2D eigenvalue weighted by Crippen LogP contribution is 2.16. The fourth-order valence-electron chi connectivity index (χ4n) is 1.65. The van der Waals surface area contributed by atoms with E-state index >= 15 is 0 Å². The minimum Gasteiger partial charge on any atom is -0.468 e. The highest BCUT2D eigenvalue weighted by molar-refractivity contribution is 5.75. The van der Waals surface area contributed by atoms with Crippen LogP contribution in [0.15, 0.2) is 22.8 Å². The Balaban J connectivity index is 2.22. The van der Waals surface area contributed by atoms with Crippen molar-refractivity contribution in [3.05, 3.63) is 24.2 Å². The summed E-state index contributed by atoms with van der Waals surface area (Å²) in [6.45, 7) is 5.57. The second-order valence-corrected chi connectivity index (χ2v) is 4.03. The maximum Gasteiger partial charge on any atom is 0.221 e. The standard InChI is InChI=1S/C13H22N2O2/c1-3-8-15-13(16)7-9-14-11(4-2)12-6-5-10-17-12/h5-6,10-11,14H,3-4,7-9H2,1-2H3,(H,15,16). The van der Waals surface area contributed by atoms with Gasteiger partial charge in [0.1, 0.15) is 5.76 Å². The van der Waals surface area contributed by atoms with Crippen LogP contribution in [0, 0.1) is 0 Å². The van der Waals surface area contributed by atoms with Crippen LogP contribution >= 0.6 is 0 Å². The van der Waals surface area contributed by atoms with E-state index in [0.717, 1.165) is 25.1 Å². The molecule has 1 rings (SSSR count). The molecule has 1 atom stereocenters. The number of amides is 1. The zero-order valence-corrected chi connectivity index (χ0v) is 10.7. The van der Waals surface area contributed by atoms with Crippen LogP contribution in [-0.2, 0) is 4.79 Å². The third-order valence-corrected chi connectivity index (χ3v) is 2.61. The lowest BCUT2D eigenvalue weighted by atomic mass is 10.1. The van der Waals surface area contributed by atoms with E-state index in [1.807, 2.05) is 19.1 Å². The summed E-state index contributed by atoms with van der Waals surface area (Å²) in [4.78, 5) is 11.4. The van der Waals surface area contributed by atoms with Gasteiger partial charge in [-0.15, -0.1) is 0 Å². The van der Waals surface area contributed by atoms with Gasteiger partial charge in [-0.05, 0) is 25.0 Å². The van der Waals surface area contributed by atoms with E-state index < -0.39 is 0 Å². The topological polar surface area (TPSA) is 54.3 Å². The van der Waals surface area contributed by atoms with Crippen LogP contribution < -0.4 is 10.6 Å². The summed E-state index contributed by atoms with van der Waals surface area (Å²) in [6.07, 6.45) is 4.11. The van der Waals surface area contributed by atoms with Gasteiger partial charge in [0.25, 0.3) is 0 Å². The first kappa shape index (κ1) is 13.8. The first-order chi connectivity index (χ1) is 8.27. The number of nitrogens with one attached hydrogen (secondary N) is 2. The lowest BCUT2D eigenvalue weighted by Gasteiger charge is -2.14. The summed E-state index contributed by atoms with van der Waals surface area (Å²) in [7, 11) is 0. The second kappa shape index (κ2) is 7.90. The molecule has 0 bridgehead atoms. The Bertz CT molecular complexity index is 309. The van der Waals surface area contributed by atoms with E-state index in [0.29, 0.717) is 13.0 Å². The normalized spacial score (nSPS) is 12.4. The zero-order chi connectivity index (χ0) is 12.5. The van der Waals surface area contributed by atoms with E-state index in [4.69, 9.17) is 4.42 Å². The molecule has 4 nitrogen and oxygen atoms in total. The van der Waals surface area contributed by atoms with Gasteiger partial charge in [0, 0.05) is 19.5 Å². The number of carbonyl (C=O) groups excluding carboxylic acids is 1. The molecule has 4 heteroatoms. The minimum atomic E-state index is 0.105. The van der Waals surface area contributed by atoms with E-state index in [2.05, 4.69) is 17.6 Å². The van der Waals surface area contributed by atoms with Crippen LogP contribution in [0.5, 0.6) is 0 Å². The third-order valence-electron chi connectivity index (χ3n) is 2.61. The molecule has 1 amide bonds. The van der Waals surface area contributed by atoms with Crippen LogP contribution in [0.25, 0.3) is 0 Å². The van der Waals surface area contributed by atoms with Crippen LogP contribution in [0.4, 0.5) is 0 Å². The molecule has 0 spiro atoms. The van der Waals surface area contributed by atoms with Crippen LogP contribution in [0.3, 0.4) is 0 Å². The smallest absolute Gasteiger partial charge is 0.221 e. The Morgan fingerprint density at radius 3 is 2.82 bits per heavy atom. The molecule has 0 saturated carbocycles. The maximum atomic E-state index is 11.4. The van der Waals surface area contributed by atoms with Gasteiger partial charge in [-0.1, -0.05) is 13.8 Å². The number of furan rings is 1. The van der Waals surface area contributed by atoms with Crippen molar-refractivity contribution in [2.75, 3.05) is 13.1 Å². The number of rotatable bonds is 8. The summed E-state index contributed by atoms with van der Waals surface area (Å²) in [5.41, 5.74) is 0. The first-order valence-electron chi connectivity index (χ1n) is 6.31. The fraction of sp³-hybridized carbons (Fsp3) is 0.615. The molecule has 1 unspecified atom stereocenters. The SMILES string of the molecule is CCCNC(=O)CCNC(CC)c1ccco1. The molecule has 2 N–H and O–H groups in total. The van der Waals surface area contributed by atoms with Gasteiger partial charge in [-0.3, -0.25) is 4.79 Å². The minimum absolute atomic E-state index is 0.105. The molecule has 0 aliphatic carbocycles. The van der Waals surface area contributed by atoms with Gasteiger partial charge >= 0.3 is 0 Å². The van der Waals surface area contributed by atoms with E-state index in [1.54, 1.807) is 6.26 Å². The van der Waals surface area contributed by atoms with Crippen molar-refractivity contribution in [1.82, 2.24) is 10.6 Å². The molecule has 0 aliphatic rings. The predicted molar refractivity (Wildman–Crippen MR) is 67.7 cm³/mol. The van der Waals surface area contributed by atoms with Gasteiger partial charge in [-0.2, -0.15) is 0 Å². The van der Waals surface area contributed by atoms with Crippen LogP contribution in [0.1, 0.15) is 44.9 Å². The molecular formula is C13H22N2O2. The van der Waals surface area contributed by atoms with E-state index in [-0.39, 0.29) is 11.9 Å². The lowest BCUT2D eigenvalue weighted by Crippen LogP contribution is -2.29. The molecule has 17 heavy (non-hydrogen) atoms. The summed E-state index contributed by atoms with van der Waals surface area (Å²) >= 11 is 0. The quantitative estimate of drug-likeness (QED) is 0.730. The van der Waals surface area contributed by atoms with Crippen molar-refractivity contribution in [2.45, 2.75) is 39.2 Å². The van der Waals surface area contributed by atoms with Crippen LogP contribution in [-0.4, -0.2) is 19.0 Å². The highest BCUT2D eigenvalue weighted by Gasteiger charge is 2.11. The fourth-order valence-corrected chi connectivity index (χ4v) is 1.65. The summed E-state index contributed by atoms with van der Waals surface area (Å²) in [5, 5.41) is 6.18. The zero-order valence-electron chi connectivity index (χ0n) is 10.7.